The van der Waals surface area contributed by atoms with Crippen LogP contribution in [0.1, 0.15) is 18.4 Å². The number of nitro benzene ring substituents is 1. The first-order valence-corrected chi connectivity index (χ1v) is 6.78. The number of nitro groups is 1. The van der Waals surface area contributed by atoms with E-state index in [9.17, 15) is 20.6 Å². The number of non-ortho nitro benzene ring substituents is 1. The number of nitrogens with zero attached hydrogens (tertiary/aromatic N) is 3. The van der Waals surface area contributed by atoms with E-state index in [0.29, 0.717) is 5.56 Å². The fourth-order valence-corrected chi connectivity index (χ4v) is 3.06. The van der Waals surface area contributed by atoms with Crippen molar-refractivity contribution in [3.8, 4) is 12.1 Å². The van der Waals surface area contributed by atoms with Crippen molar-refractivity contribution in [2.24, 2.45) is 11.3 Å². The Morgan fingerprint density at radius 1 is 1.23 bits per heavy atom. The second-order valence-electron chi connectivity index (χ2n) is 5.32. The number of allylic oxidation sites excluding steroid dienone is 1. The number of benzene rings is 1. The lowest BCUT2D eigenvalue weighted by molar-refractivity contribution is -0.384. The van der Waals surface area contributed by atoms with Crippen LogP contribution in [0, 0.1) is 44.1 Å². The molecular weight excluding hydrogens is 282 g/mol. The molecule has 0 amide bonds. The summed E-state index contributed by atoms with van der Waals surface area (Å²) in [6, 6.07) is 10.2. The molecule has 3 atom stereocenters. The van der Waals surface area contributed by atoms with Gasteiger partial charge < -0.3 is 4.74 Å². The van der Waals surface area contributed by atoms with Gasteiger partial charge in [-0.3, -0.25) is 10.1 Å². The fourth-order valence-electron chi connectivity index (χ4n) is 3.06. The van der Waals surface area contributed by atoms with E-state index in [1.807, 2.05) is 13.0 Å². The summed E-state index contributed by atoms with van der Waals surface area (Å²) >= 11 is 0. The van der Waals surface area contributed by atoms with Crippen molar-refractivity contribution in [1.82, 2.24) is 0 Å². The summed E-state index contributed by atoms with van der Waals surface area (Å²) in [5.41, 5.74) is -0.669. The summed E-state index contributed by atoms with van der Waals surface area (Å²) in [6.45, 7) is 1.91. The second kappa shape index (κ2) is 5.97. The third-order valence-electron chi connectivity index (χ3n) is 4.14. The average Bonchev–Trinajstić information content (AvgIpc) is 2.54. The average molecular weight is 297 g/mol. The zero-order chi connectivity index (χ0) is 16.3. The second-order valence-corrected chi connectivity index (χ2v) is 5.32. The van der Waals surface area contributed by atoms with Crippen molar-refractivity contribution in [1.29, 1.82) is 10.5 Å². The molecule has 1 aromatic rings. The topological polar surface area (TPSA) is 99.9 Å². The summed E-state index contributed by atoms with van der Waals surface area (Å²) in [4.78, 5) is 10.3. The van der Waals surface area contributed by atoms with Crippen molar-refractivity contribution in [2.75, 3.05) is 7.11 Å². The van der Waals surface area contributed by atoms with E-state index in [2.05, 4.69) is 12.1 Å². The standard InChI is InChI=1S/C16H15N3O3/c1-11-3-8-14(22-2)16(9-17,10-18)15(11)12-4-6-13(7-5-12)19(20)21/h3-8,11,14-15H,1-2H3/t11-,14-,15-/m0/s1. The molecule has 1 aliphatic carbocycles. The Bertz CT molecular complexity index is 668. The first-order chi connectivity index (χ1) is 10.5. The fraction of sp³-hybridized carbons (Fsp3) is 0.375. The molecule has 2 rings (SSSR count). The summed E-state index contributed by atoms with van der Waals surface area (Å²) in [5.74, 6) is -0.481. The van der Waals surface area contributed by atoms with Crippen molar-refractivity contribution in [3.63, 3.8) is 0 Å². The highest BCUT2D eigenvalue weighted by molar-refractivity contribution is 5.42. The molecule has 6 heteroatoms. The normalized spacial score (nSPS) is 25.9. The van der Waals surface area contributed by atoms with E-state index >= 15 is 0 Å². The number of methoxy groups -OCH3 is 1. The minimum absolute atomic E-state index is 0.0226. The third-order valence-corrected chi connectivity index (χ3v) is 4.14. The number of hydrogen-bond donors (Lipinski definition) is 0. The maximum absolute atomic E-state index is 10.8. The van der Waals surface area contributed by atoms with Crippen LogP contribution in [-0.2, 0) is 4.74 Å². The molecular formula is C16H15N3O3. The van der Waals surface area contributed by atoms with Gasteiger partial charge in [0.25, 0.3) is 5.69 Å². The van der Waals surface area contributed by atoms with Gasteiger partial charge >= 0.3 is 0 Å². The predicted octanol–water partition coefficient (Wildman–Crippen LogP) is 2.93. The van der Waals surface area contributed by atoms with Gasteiger partial charge in [0.05, 0.1) is 17.1 Å². The minimum Gasteiger partial charge on any atom is -0.375 e. The van der Waals surface area contributed by atoms with E-state index < -0.39 is 22.4 Å². The Morgan fingerprint density at radius 3 is 2.27 bits per heavy atom. The Balaban J connectivity index is 2.55. The largest absolute Gasteiger partial charge is 0.375 e. The lowest BCUT2D eigenvalue weighted by Gasteiger charge is -2.39. The molecule has 1 aliphatic rings. The Kier molecular flexibility index (Phi) is 4.25. The Labute approximate surface area is 128 Å². The van der Waals surface area contributed by atoms with Crippen LogP contribution >= 0.6 is 0 Å². The number of nitriles is 2. The Hall–Kier alpha value is -2.70. The molecule has 0 unspecified atom stereocenters. The van der Waals surface area contributed by atoms with E-state index in [1.54, 1.807) is 18.2 Å². The van der Waals surface area contributed by atoms with E-state index in [0.717, 1.165) is 0 Å². The van der Waals surface area contributed by atoms with Crippen LogP contribution in [0.2, 0.25) is 0 Å². The number of ether oxygens (including phenoxy) is 1. The van der Waals surface area contributed by atoms with Gasteiger partial charge in [0, 0.05) is 25.2 Å². The molecule has 0 heterocycles. The molecule has 22 heavy (non-hydrogen) atoms. The summed E-state index contributed by atoms with van der Waals surface area (Å²) < 4.78 is 5.31. The smallest absolute Gasteiger partial charge is 0.269 e. The molecule has 0 spiro atoms. The minimum atomic E-state index is -1.36. The molecule has 0 saturated carbocycles. The lowest BCUT2D eigenvalue weighted by atomic mass is 9.62. The SMILES string of the molecule is CO[C@H]1C=C[C@H](C)[C@@H](c2ccc([N+](=O)[O-])cc2)C1(C#N)C#N. The van der Waals surface area contributed by atoms with Crippen LogP contribution < -0.4 is 0 Å². The summed E-state index contributed by atoms with van der Waals surface area (Å²) in [6.07, 6.45) is 3.01. The van der Waals surface area contributed by atoms with E-state index in [-0.39, 0.29) is 11.6 Å². The van der Waals surface area contributed by atoms with Crippen molar-refractivity contribution in [2.45, 2.75) is 18.9 Å². The van der Waals surface area contributed by atoms with Gasteiger partial charge in [0.2, 0.25) is 0 Å². The molecule has 0 aliphatic heterocycles. The first-order valence-electron chi connectivity index (χ1n) is 6.78. The highest BCUT2D eigenvalue weighted by atomic mass is 16.6. The summed E-state index contributed by atoms with van der Waals surface area (Å²) in [7, 11) is 1.46. The number of hydrogen-bond acceptors (Lipinski definition) is 5. The molecule has 0 aromatic heterocycles. The van der Waals surface area contributed by atoms with Crippen LogP contribution in [0.5, 0.6) is 0 Å². The van der Waals surface area contributed by atoms with Crippen LogP contribution in [-0.4, -0.2) is 18.1 Å². The van der Waals surface area contributed by atoms with Crippen molar-refractivity contribution in [3.05, 3.63) is 52.1 Å². The Morgan fingerprint density at radius 2 is 1.82 bits per heavy atom. The van der Waals surface area contributed by atoms with Crippen LogP contribution in [0.3, 0.4) is 0 Å². The molecule has 0 fully saturated rings. The van der Waals surface area contributed by atoms with Gasteiger partial charge in [-0.25, -0.2) is 0 Å². The van der Waals surface area contributed by atoms with Gasteiger partial charge in [-0.2, -0.15) is 10.5 Å². The van der Waals surface area contributed by atoms with Crippen molar-refractivity contribution < 1.29 is 9.66 Å². The molecule has 0 radical (unpaired) electrons. The molecule has 112 valence electrons. The molecule has 1 aromatic carbocycles. The molecule has 0 N–H and O–H groups in total. The van der Waals surface area contributed by atoms with E-state index in [1.165, 1.54) is 19.2 Å². The van der Waals surface area contributed by atoms with Gasteiger partial charge in [-0.05, 0) is 11.5 Å². The lowest BCUT2D eigenvalue weighted by Crippen LogP contribution is -2.43. The zero-order valence-electron chi connectivity index (χ0n) is 12.3. The molecule has 0 saturated heterocycles. The van der Waals surface area contributed by atoms with Gasteiger partial charge in [-0.15, -0.1) is 0 Å². The first kappa shape index (κ1) is 15.7. The van der Waals surface area contributed by atoms with Crippen LogP contribution in [0.25, 0.3) is 0 Å². The quantitative estimate of drug-likeness (QED) is 0.485. The molecule has 6 nitrogen and oxygen atoms in total. The monoisotopic (exact) mass is 297 g/mol. The highest BCUT2D eigenvalue weighted by Gasteiger charge is 2.51. The van der Waals surface area contributed by atoms with Gasteiger partial charge in [0.15, 0.2) is 5.41 Å². The highest BCUT2D eigenvalue weighted by Crippen LogP contribution is 2.48. The van der Waals surface area contributed by atoms with Gasteiger partial charge in [0.1, 0.15) is 6.10 Å². The van der Waals surface area contributed by atoms with Crippen LogP contribution in [0.15, 0.2) is 36.4 Å². The predicted molar refractivity (Wildman–Crippen MR) is 78.6 cm³/mol. The third kappa shape index (κ3) is 2.34. The number of rotatable bonds is 3. The van der Waals surface area contributed by atoms with E-state index in [4.69, 9.17) is 4.74 Å². The molecule has 0 bridgehead atoms. The van der Waals surface area contributed by atoms with Crippen LogP contribution in [0.4, 0.5) is 5.69 Å². The maximum Gasteiger partial charge on any atom is 0.269 e. The van der Waals surface area contributed by atoms with Crippen molar-refractivity contribution >= 4 is 5.69 Å². The summed E-state index contributed by atoms with van der Waals surface area (Å²) in [5, 5.41) is 30.0. The van der Waals surface area contributed by atoms with Gasteiger partial charge in [-0.1, -0.05) is 31.2 Å². The maximum atomic E-state index is 10.8. The zero-order valence-corrected chi connectivity index (χ0v) is 12.3.